The molecule has 2 rings (SSSR count). The first-order valence-electron chi connectivity index (χ1n) is 5.51. The monoisotopic (exact) mass is 297 g/mol. The van der Waals surface area contributed by atoms with E-state index < -0.39 is 23.8 Å². The van der Waals surface area contributed by atoms with E-state index in [-0.39, 0.29) is 29.0 Å². The van der Waals surface area contributed by atoms with Gasteiger partial charge in [0.15, 0.2) is 0 Å². The zero-order chi connectivity index (χ0) is 14.9. The van der Waals surface area contributed by atoms with Crippen LogP contribution in [0.4, 0.5) is 0 Å². The molecule has 8 heteroatoms. The highest BCUT2D eigenvalue weighted by atomic mass is 35.5. The average Bonchev–Trinajstić information content (AvgIpc) is 2.70. The summed E-state index contributed by atoms with van der Waals surface area (Å²) in [5, 5.41) is 9.05. The quantitative estimate of drug-likeness (QED) is 0.843. The molecule has 0 unspecified atom stereocenters. The van der Waals surface area contributed by atoms with Gasteiger partial charge in [0.05, 0.1) is 16.1 Å². The number of nitrogens with zero attached hydrogens (tertiary/aromatic N) is 1. The Bertz CT molecular complexity index is 610. The van der Waals surface area contributed by atoms with E-state index in [1.165, 1.54) is 6.07 Å². The second kappa shape index (κ2) is 5.30. The number of carbonyl (C=O) groups is 4. The van der Waals surface area contributed by atoms with Gasteiger partial charge in [-0.25, -0.2) is 9.59 Å². The summed E-state index contributed by atoms with van der Waals surface area (Å²) >= 11 is 5.71. The molecule has 7 nitrogen and oxygen atoms in total. The second-order valence-electron chi connectivity index (χ2n) is 3.96. The molecule has 20 heavy (non-hydrogen) atoms. The SMILES string of the molecule is O=C(ON1C(=O)CCC1=O)c1ccc(C(=O)O)c(Cl)c1. The van der Waals surface area contributed by atoms with Crippen LogP contribution in [0.15, 0.2) is 18.2 Å². The number of carbonyl (C=O) groups excluding carboxylic acids is 3. The number of aromatic carboxylic acids is 1. The van der Waals surface area contributed by atoms with Gasteiger partial charge < -0.3 is 9.94 Å². The highest BCUT2D eigenvalue weighted by Gasteiger charge is 2.33. The van der Waals surface area contributed by atoms with E-state index in [0.717, 1.165) is 12.1 Å². The number of benzene rings is 1. The predicted molar refractivity (Wildman–Crippen MR) is 64.9 cm³/mol. The average molecular weight is 298 g/mol. The van der Waals surface area contributed by atoms with Crippen LogP contribution in [0.25, 0.3) is 0 Å². The van der Waals surface area contributed by atoms with Crippen molar-refractivity contribution in [3.8, 4) is 0 Å². The van der Waals surface area contributed by atoms with Crippen molar-refractivity contribution in [1.82, 2.24) is 5.06 Å². The molecule has 1 N–H and O–H groups in total. The molecule has 0 saturated carbocycles. The number of carboxylic acid groups (broad SMARTS) is 1. The fraction of sp³-hybridized carbons (Fsp3) is 0.167. The van der Waals surface area contributed by atoms with Crippen LogP contribution in [-0.2, 0) is 14.4 Å². The van der Waals surface area contributed by atoms with Crippen LogP contribution in [0.5, 0.6) is 0 Å². The minimum Gasteiger partial charge on any atom is -0.478 e. The molecule has 1 aliphatic rings. The smallest absolute Gasteiger partial charge is 0.363 e. The van der Waals surface area contributed by atoms with E-state index in [2.05, 4.69) is 4.84 Å². The zero-order valence-electron chi connectivity index (χ0n) is 9.96. The van der Waals surface area contributed by atoms with Crippen molar-refractivity contribution in [2.75, 3.05) is 0 Å². The van der Waals surface area contributed by atoms with Crippen molar-refractivity contribution in [2.24, 2.45) is 0 Å². The van der Waals surface area contributed by atoms with Crippen molar-refractivity contribution in [3.63, 3.8) is 0 Å². The van der Waals surface area contributed by atoms with Gasteiger partial charge in [-0.1, -0.05) is 11.6 Å². The Labute approximate surface area is 117 Å². The van der Waals surface area contributed by atoms with Crippen LogP contribution in [0.3, 0.4) is 0 Å². The van der Waals surface area contributed by atoms with Crippen molar-refractivity contribution in [3.05, 3.63) is 34.3 Å². The molecule has 1 aliphatic heterocycles. The van der Waals surface area contributed by atoms with E-state index in [1.807, 2.05) is 0 Å². The number of hydroxylamine groups is 2. The van der Waals surface area contributed by atoms with Crippen molar-refractivity contribution in [2.45, 2.75) is 12.8 Å². The molecule has 1 aromatic carbocycles. The summed E-state index contributed by atoms with van der Waals surface area (Å²) in [6, 6.07) is 3.41. The summed E-state index contributed by atoms with van der Waals surface area (Å²) in [5.41, 5.74) is -0.232. The number of rotatable bonds is 3. The molecule has 0 atom stereocenters. The van der Waals surface area contributed by atoms with Gasteiger partial charge >= 0.3 is 11.9 Å². The molecule has 1 aromatic rings. The molecule has 1 fully saturated rings. The van der Waals surface area contributed by atoms with Gasteiger partial charge in [-0.3, -0.25) is 9.59 Å². The summed E-state index contributed by atoms with van der Waals surface area (Å²) in [6.07, 6.45) is -0.0182. The predicted octanol–water partition coefficient (Wildman–Crippen LogP) is 1.26. The highest BCUT2D eigenvalue weighted by Crippen LogP contribution is 2.20. The Morgan fingerprint density at radius 2 is 1.80 bits per heavy atom. The van der Waals surface area contributed by atoms with Crippen LogP contribution in [-0.4, -0.2) is 33.9 Å². The largest absolute Gasteiger partial charge is 0.478 e. The lowest BCUT2D eigenvalue weighted by molar-refractivity contribution is -0.172. The Hall–Kier alpha value is -2.41. The minimum atomic E-state index is -1.24. The number of hydrogen-bond acceptors (Lipinski definition) is 5. The minimum absolute atomic E-state index is 0.00911. The maximum absolute atomic E-state index is 11.8. The fourth-order valence-electron chi connectivity index (χ4n) is 1.61. The van der Waals surface area contributed by atoms with Gasteiger partial charge in [-0.15, -0.1) is 5.06 Å². The lowest BCUT2D eigenvalue weighted by Crippen LogP contribution is -2.32. The molecule has 0 spiro atoms. The molecule has 1 saturated heterocycles. The van der Waals surface area contributed by atoms with Crippen molar-refractivity contribution in [1.29, 1.82) is 0 Å². The van der Waals surface area contributed by atoms with Gasteiger partial charge in [-0.05, 0) is 18.2 Å². The molecular formula is C12H8ClNO6. The van der Waals surface area contributed by atoms with Crippen molar-refractivity contribution < 1.29 is 29.1 Å². The van der Waals surface area contributed by atoms with Crippen LogP contribution in [0, 0.1) is 0 Å². The number of carboxylic acids is 1. The second-order valence-corrected chi connectivity index (χ2v) is 4.37. The van der Waals surface area contributed by atoms with Crippen LogP contribution in [0.1, 0.15) is 33.6 Å². The molecular weight excluding hydrogens is 290 g/mol. The van der Waals surface area contributed by atoms with E-state index in [0.29, 0.717) is 5.06 Å². The van der Waals surface area contributed by atoms with Gasteiger partial charge in [-0.2, -0.15) is 0 Å². The Kier molecular flexibility index (Phi) is 3.71. The highest BCUT2D eigenvalue weighted by molar-refractivity contribution is 6.33. The number of hydrogen-bond donors (Lipinski definition) is 1. The number of amides is 2. The molecule has 1 heterocycles. The first-order chi connectivity index (χ1) is 9.40. The Morgan fingerprint density at radius 1 is 1.20 bits per heavy atom. The molecule has 0 bridgehead atoms. The van der Waals surface area contributed by atoms with E-state index in [1.54, 1.807) is 0 Å². The maximum atomic E-state index is 11.8. The number of halogens is 1. The summed E-state index contributed by atoms with van der Waals surface area (Å²) < 4.78 is 0. The summed E-state index contributed by atoms with van der Waals surface area (Å²) in [6.45, 7) is 0. The number of imide groups is 1. The first kappa shape index (κ1) is 14.0. The Morgan fingerprint density at radius 3 is 2.30 bits per heavy atom. The van der Waals surface area contributed by atoms with Gasteiger partial charge in [0, 0.05) is 12.8 Å². The third-order valence-corrected chi connectivity index (χ3v) is 2.93. The molecule has 0 aliphatic carbocycles. The van der Waals surface area contributed by atoms with E-state index >= 15 is 0 Å². The van der Waals surface area contributed by atoms with E-state index in [4.69, 9.17) is 16.7 Å². The third-order valence-electron chi connectivity index (χ3n) is 2.62. The molecule has 104 valence electrons. The van der Waals surface area contributed by atoms with Gasteiger partial charge in [0.1, 0.15) is 0 Å². The van der Waals surface area contributed by atoms with Gasteiger partial charge in [0.2, 0.25) is 0 Å². The normalized spacial score (nSPS) is 14.6. The third kappa shape index (κ3) is 2.62. The molecule has 2 amide bonds. The van der Waals surface area contributed by atoms with Gasteiger partial charge in [0.25, 0.3) is 11.8 Å². The zero-order valence-corrected chi connectivity index (χ0v) is 10.7. The summed E-state index contributed by atoms with van der Waals surface area (Å²) in [7, 11) is 0. The molecule has 0 radical (unpaired) electrons. The topological polar surface area (TPSA) is 101 Å². The lowest BCUT2D eigenvalue weighted by Gasteiger charge is -2.12. The van der Waals surface area contributed by atoms with Crippen LogP contribution in [0.2, 0.25) is 5.02 Å². The Balaban J connectivity index is 2.18. The van der Waals surface area contributed by atoms with Crippen molar-refractivity contribution >= 4 is 35.4 Å². The van der Waals surface area contributed by atoms with Crippen LogP contribution < -0.4 is 0 Å². The lowest BCUT2D eigenvalue weighted by atomic mass is 10.1. The van der Waals surface area contributed by atoms with Crippen LogP contribution >= 0.6 is 11.6 Å². The van der Waals surface area contributed by atoms with E-state index in [9.17, 15) is 19.2 Å². The first-order valence-corrected chi connectivity index (χ1v) is 5.89. The maximum Gasteiger partial charge on any atom is 0.363 e. The molecule has 0 aromatic heterocycles. The summed E-state index contributed by atoms with van der Waals surface area (Å²) in [4.78, 5) is 49.8. The standard InChI is InChI=1S/C12H8ClNO6/c13-8-5-6(1-2-7(8)11(17)18)12(19)20-14-9(15)3-4-10(14)16/h1-2,5H,3-4H2,(H,17,18). The summed E-state index contributed by atoms with van der Waals surface area (Å²) in [5.74, 6) is -3.40. The fourth-order valence-corrected chi connectivity index (χ4v) is 1.87.